The van der Waals surface area contributed by atoms with Gasteiger partial charge < -0.3 is 10.6 Å². The van der Waals surface area contributed by atoms with Crippen LogP contribution in [0.3, 0.4) is 0 Å². The zero-order valence-corrected chi connectivity index (χ0v) is 13.5. The third-order valence-corrected chi connectivity index (χ3v) is 4.19. The molecule has 4 heteroatoms. The Labute approximate surface area is 134 Å². The lowest BCUT2D eigenvalue weighted by Crippen LogP contribution is -2.33. The summed E-state index contributed by atoms with van der Waals surface area (Å²) in [5, 5.41) is 0. The van der Waals surface area contributed by atoms with E-state index < -0.39 is 0 Å². The van der Waals surface area contributed by atoms with Crippen molar-refractivity contribution in [3.63, 3.8) is 0 Å². The summed E-state index contributed by atoms with van der Waals surface area (Å²) in [4.78, 5) is 14.4. The Morgan fingerprint density at radius 1 is 1.24 bits per heavy atom. The molecule has 2 N–H and O–H groups in total. The molecule has 1 amide bonds. The monoisotopic (exact) mass is 310 g/mol. The number of carbonyl (C=O) groups excluding carboxylic acids is 1. The minimum absolute atomic E-state index is 0. The van der Waals surface area contributed by atoms with Gasteiger partial charge in [0, 0.05) is 19.5 Å². The van der Waals surface area contributed by atoms with E-state index in [-0.39, 0.29) is 18.3 Å². The van der Waals surface area contributed by atoms with Crippen molar-refractivity contribution in [2.75, 3.05) is 13.1 Å². The van der Waals surface area contributed by atoms with Gasteiger partial charge in [-0.05, 0) is 30.9 Å². The molecule has 3 nitrogen and oxygen atoms in total. The Morgan fingerprint density at radius 2 is 1.95 bits per heavy atom. The number of halogens is 1. The fraction of sp³-hybridized carbons (Fsp3) is 0.588. The number of amides is 1. The highest BCUT2D eigenvalue weighted by Crippen LogP contribution is 2.30. The van der Waals surface area contributed by atoms with Gasteiger partial charge in [-0.2, -0.15) is 0 Å². The van der Waals surface area contributed by atoms with Crippen molar-refractivity contribution in [3.05, 3.63) is 35.9 Å². The highest BCUT2D eigenvalue weighted by molar-refractivity contribution is 5.85. The average Bonchev–Trinajstić information content (AvgIpc) is 2.42. The second-order valence-electron chi connectivity index (χ2n) is 5.78. The first-order valence-corrected chi connectivity index (χ1v) is 7.81. The van der Waals surface area contributed by atoms with E-state index in [1.807, 2.05) is 23.1 Å². The van der Waals surface area contributed by atoms with Crippen LogP contribution < -0.4 is 5.73 Å². The van der Waals surface area contributed by atoms with Crippen LogP contribution in [0.15, 0.2) is 30.3 Å². The molecule has 0 radical (unpaired) electrons. The third-order valence-electron chi connectivity index (χ3n) is 4.19. The lowest BCUT2D eigenvalue weighted by Gasteiger charge is -2.27. The maximum atomic E-state index is 12.4. The Kier molecular flexibility index (Phi) is 8.40. The van der Waals surface area contributed by atoms with Gasteiger partial charge in [0.2, 0.25) is 5.91 Å². The summed E-state index contributed by atoms with van der Waals surface area (Å²) in [5.74, 6) is 1.08. The summed E-state index contributed by atoms with van der Waals surface area (Å²) < 4.78 is 0. The zero-order valence-electron chi connectivity index (χ0n) is 12.7. The van der Waals surface area contributed by atoms with Gasteiger partial charge in [-0.1, -0.05) is 49.6 Å². The van der Waals surface area contributed by atoms with Crippen LogP contribution in [-0.2, 0) is 11.3 Å². The number of benzene rings is 1. The minimum Gasteiger partial charge on any atom is -0.338 e. The maximum Gasteiger partial charge on any atom is 0.222 e. The van der Waals surface area contributed by atoms with Gasteiger partial charge >= 0.3 is 0 Å². The number of carbonyl (C=O) groups is 1. The zero-order chi connectivity index (χ0) is 14.2. The van der Waals surface area contributed by atoms with E-state index in [0.717, 1.165) is 25.3 Å². The summed E-state index contributed by atoms with van der Waals surface area (Å²) in [6.45, 7) is 2.13. The molecule has 1 saturated carbocycles. The second-order valence-corrected chi connectivity index (χ2v) is 5.78. The number of nitrogens with zero attached hydrogens (tertiary/aromatic N) is 1. The van der Waals surface area contributed by atoms with Gasteiger partial charge in [0.15, 0.2) is 0 Å². The van der Waals surface area contributed by atoms with Gasteiger partial charge in [-0.3, -0.25) is 4.79 Å². The van der Waals surface area contributed by atoms with E-state index >= 15 is 0 Å². The minimum atomic E-state index is 0. The molecule has 1 fully saturated rings. The molecule has 0 aromatic heterocycles. The van der Waals surface area contributed by atoms with Crippen molar-refractivity contribution in [2.24, 2.45) is 11.7 Å². The van der Waals surface area contributed by atoms with Crippen LogP contribution in [0.25, 0.3) is 0 Å². The third kappa shape index (κ3) is 6.06. The fourth-order valence-corrected chi connectivity index (χ4v) is 2.65. The molecule has 1 aliphatic carbocycles. The summed E-state index contributed by atoms with van der Waals surface area (Å²) in [5.41, 5.74) is 6.78. The molecule has 2 rings (SSSR count). The lowest BCUT2D eigenvalue weighted by atomic mass is 9.82. The number of hydrogen-bond acceptors (Lipinski definition) is 2. The molecule has 1 aromatic carbocycles. The first kappa shape index (κ1) is 18.0. The average molecular weight is 311 g/mol. The highest BCUT2D eigenvalue weighted by Gasteiger charge is 2.20. The van der Waals surface area contributed by atoms with E-state index in [0.29, 0.717) is 19.5 Å². The van der Waals surface area contributed by atoms with E-state index in [1.165, 1.54) is 24.8 Å². The van der Waals surface area contributed by atoms with Crippen molar-refractivity contribution in [1.82, 2.24) is 4.90 Å². The van der Waals surface area contributed by atoms with Crippen LogP contribution in [0.4, 0.5) is 0 Å². The normalized spacial score (nSPS) is 14.1. The van der Waals surface area contributed by atoms with E-state index in [9.17, 15) is 4.79 Å². The molecule has 0 saturated heterocycles. The van der Waals surface area contributed by atoms with Gasteiger partial charge in [0.1, 0.15) is 0 Å². The number of hydrogen-bond donors (Lipinski definition) is 1. The molecule has 0 spiro atoms. The SMILES string of the molecule is Cl.NCCCN(Cc1ccccc1)C(=O)CCC1CCC1. The van der Waals surface area contributed by atoms with Crippen molar-refractivity contribution in [2.45, 2.75) is 45.1 Å². The molecule has 118 valence electrons. The topological polar surface area (TPSA) is 46.3 Å². The van der Waals surface area contributed by atoms with Crippen molar-refractivity contribution in [3.8, 4) is 0 Å². The molecular weight excluding hydrogens is 284 g/mol. The highest BCUT2D eigenvalue weighted by atomic mass is 35.5. The smallest absolute Gasteiger partial charge is 0.222 e. The summed E-state index contributed by atoms with van der Waals surface area (Å²) >= 11 is 0. The van der Waals surface area contributed by atoms with Gasteiger partial charge in [0.05, 0.1) is 0 Å². The van der Waals surface area contributed by atoms with E-state index in [2.05, 4.69) is 12.1 Å². The van der Waals surface area contributed by atoms with Crippen LogP contribution in [0.1, 0.15) is 44.1 Å². The Balaban J connectivity index is 0.00000220. The molecule has 21 heavy (non-hydrogen) atoms. The first-order chi connectivity index (χ1) is 9.79. The standard InChI is InChI=1S/C17H26N2O.ClH/c18-12-5-13-19(14-16-6-2-1-3-7-16)17(20)11-10-15-8-4-9-15;/h1-3,6-7,15H,4-5,8-14,18H2;1H. The van der Waals surface area contributed by atoms with E-state index in [1.54, 1.807) is 0 Å². The summed E-state index contributed by atoms with van der Waals surface area (Å²) in [7, 11) is 0. The van der Waals surface area contributed by atoms with Crippen LogP contribution >= 0.6 is 12.4 Å². The number of nitrogens with two attached hydrogens (primary N) is 1. The Morgan fingerprint density at radius 3 is 2.52 bits per heavy atom. The molecule has 1 aromatic rings. The lowest BCUT2D eigenvalue weighted by molar-refractivity contribution is -0.132. The molecule has 0 aliphatic heterocycles. The van der Waals surface area contributed by atoms with Gasteiger partial charge in [0.25, 0.3) is 0 Å². The van der Waals surface area contributed by atoms with Crippen LogP contribution in [0, 0.1) is 5.92 Å². The molecule has 0 bridgehead atoms. The van der Waals surface area contributed by atoms with Crippen LogP contribution in [0.2, 0.25) is 0 Å². The maximum absolute atomic E-state index is 12.4. The predicted octanol–water partition coefficient (Wildman–Crippen LogP) is 3.37. The van der Waals surface area contributed by atoms with Crippen LogP contribution in [0.5, 0.6) is 0 Å². The number of rotatable bonds is 8. The predicted molar refractivity (Wildman–Crippen MR) is 89.4 cm³/mol. The Hall–Kier alpha value is -1.06. The van der Waals surface area contributed by atoms with Crippen molar-refractivity contribution < 1.29 is 4.79 Å². The van der Waals surface area contributed by atoms with E-state index in [4.69, 9.17) is 5.73 Å². The molecule has 0 heterocycles. The fourth-order valence-electron chi connectivity index (χ4n) is 2.65. The summed E-state index contributed by atoms with van der Waals surface area (Å²) in [6, 6.07) is 10.2. The van der Waals surface area contributed by atoms with Gasteiger partial charge in [-0.15, -0.1) is 12.4 Å². The largest absolute Gasteiger partial charge is 0.338 e. The quantitative estimate of drug-likeness (QED) is 0.800. The molecule has 0 atom stereocenters. The van der Waals surface area contributed by atoms with Gasteiger partial charge in [-0.25, -0.2) is 0 Å². The molecule has 1 aliphatic rings. The molecule has 0 unspecified atom stereocenters. The second kappa shape index (κ2) is 9.80. The van der Waals surface area contributed by atoms with Crippen molar-refractivity contribution in [1.29, 1.82) is 0 Å². The molecular formula is C17H27ClN2O. The summed E-state index contributed by atoms with van der Waals surface area (Å²) in [6.07, 6.45) is 6.61. The first-order valence-electron chi connectivity index (χ1n) is 7.81. The Bertz CT molecular complexity index is 407. The van der Waals surface area contributed by atoms with Crippen LogP contribution in [-0.4, -0.2) is 23.9 Å². The van der Waals surface area contributed by atoms with Crippen molar-refractivity contribution >= 4 is 18.3 Å².